The van der Waals surface area contributed by atoms with E-state index in [0.717, 1.165) is 14.6 Å². The van der Waals surface area contributed by atoms with Crippen molar-refractivity contribution < 1.29 is 0 Å². The summed E-state index contributed by atoms with van der Waals surface area (Å²) < 4.78 is 2.02. The third-order valence-electron chi connectivity index (χ3n) is 2.42. The molecule has 1 aromatic carbocycles. The summed E-state index contributed by atoms with van der Waals surface area (Å²) in [5.74, 6) is 0. The molecule has 0 fully saturated rings. The van der Waals surface area contributed by atoms with Gasteiger partial charge in [-0.15, -0.1) is 11.3 Å². The van der Waals surface area contributed by atoms with Gasteiger partial charge in [0.15, 0.2) is 4.34 Å². The van der Waals surface area contributed by atoms with Crippen LogP contribution in [0.15, 0.2) is 33.6 Å². The monoisotopic (exact) mass is 327 g/mol. The quantitative estimate of drug-likeness (QED) is 0.498. The molecule has 0 atom stereocenters. The number of hydrogen-bond donors (Lipinski definition) is 0. The predicted molar refractivity (Wildman–Crippen MR) is 80.5 cm³/mol. The third kappa shape index (κ3) is 2.69. The standard InChI is InChI=1S/C12H7Cl2N3S2/c1-6-9(13)10(17-11(14)15-6)19-12-16-7-4-2-3-5-8(7)18-12/h2-5H,1H3. The molecule has 0 radical (unpaired) electrons. The van der Waals surface area contributed by atoms with Crippen LogP contribution in [0, 0.1) is 6.92 Å². The lowest BCUT2D eigenvalue weighted by atomic mass is 10.3. The minimum atomic E-state index is 0.200. The van der Waals surface area contributed by atoms with Crippen molar-refractivity contribution in [2.24, 2.45) is 0 Å². The highest BCUT2D eigenvalue weighted by Crippen LogP contribution is 2.37. The number of halogens is 2. The maximum absolute atomic E-state index is 6.19. The molecule has 3 rings (SSSR count). The van der Waals surface area contributed by atoms with E-state index < -0.39 is 0 Å². The van der Waals surface area contributed by atoms with Crippen LogP contribution in [0.2, 0.25) is 10.3 Å². The van der Waals surface area contributed by atoms with Crippen molar-refractivity contribution in [3.63, 3.8) is 0 Å². The normalized spacial score (nSPS) is 11.1. The molecule has 3 aromatic rings. The molecular weight excluding hydrogens is 321 g/mol. The lowest BCUT2D eigenvalue weighted by Crippen LogP contribution is -1.91. The molecule has 0 aliphatic rings. The Morgan fingerprint density at radius 1 is 1.11 bits per heavy atom. The molecule has 0 saturated heterocycles. The van der Waals surface area contributed by atoms with Crippen molar-refractivity contribution in [3.05, 3.63) is 40.3 Å². The molecule has 0 saturated carbocycles. The summed E-state index contributed by atoms with van der Waals surface area (Å²) in [6.45, 7) is 1.80. The van der Waals surface area contributed by atoms with Gasteiger partial charge in [-0.3, -0.25) is 0 Å². The summed E-state index contributed by atoms with van der Waals surface area (Å²) in [6.07, 6.45) is 0. The van der Waals surface area contributed by atoms with Gasteiger partial charge in [-0.05, 0) is 42.4 Å². The first-order valence-electron chi connectivity index (χ1n) is 5.36. The third-order valence-corrected chi connectivity index (χ3v) is 5.24. The number of para-hydroxylation sites is 1. The van der Waals surface area contributed by atoms with Crippen molar-refractivity contribution in [2.45, 2.75) is 16.3 Å². The highest BCUT2D eigenvalue weighted by molar-refractivity contribution is 8.01. The van der Waals surface area contributed by atoms with Crippen molar-refractivity contribution >= 4 is 56.5 Å². The van der Waals surface area contributed by atoms with Crippen molar-refractivity contribution in [2.75, 3.05) is 0 Å². The smallest absolute Gasteiger partial charge is 0.223 e. The van der Waals surface area contributed by atoms with Gasteiger partial charge in [0.2, 0.25) is 5.28 Å². The fraction of sp³-hybridized carbons (Fsp3) is 0.0833. The van der Waals surface area contributed by atoms with E-state index in [9.17, 15) is 0 Å². The fourth-order valence-corrected chi connectivity index (χ4v) is 4.06. The van der Waals surface area contributed by atoms with Crippen LogP contribution in [0.5, 0.6) is 0 Å². The highest BCUT2D eigenvalue weighted by Gasteiger charge is 2.13. The van der Waals surface area contributed by atoms with E-state index in [1.54, 1.807) is 18.3 Å². The predicted octanol–water partition coefficient (Wildman–Crippen LogP) is 4.85. The zero-order valence-electron chi connectivity index (χ0n) is 9.72. The molecule has 0 bridgehead atoms. The van der Waals surface area contributed by atoms with Crippen molar-refractivity contribution in [1.82, 2.24) is 15.0 Å². The fourth-order valence-electron chi connectivity index (χ4n) is 1.55. The Kier molecular flexibility index (Phi) is 3.62. The molecule has 0 aliphatic heterocycles. The van der Waals surface area contributed by atoms with Gasteiger partial charge in [-0.1, -0.05) is 23.7 Å². The average Bonchev–Trinajstić information content (AvgIpc) is 2.77. The molecule has 2 aromatic heterocycles. The van der Waals surface area contributed by atoms with E-state index in [2.05, 4.69) is 15.0 Å². The summed E-state index contributed by atoms with van der Waals surface area (Å²) in [5.41, 5.74) is 1.65. The van der Waals surface area contributed by atoms with Crippen molar-refractivity contribution in [3.8, 4) is 0 Å². The highest BCUT2D eigenvalue weighted by atomic mass is 35.5. The molecule has 2 heterocycles. The summed E-state index contributed by atoms with van der Waals surface area (Å²) in [4.78, 5) is 12.7. The van der Waals surface area contributed by atoms with E-state index in [4.69, 9.17) is 23.2 Å². The maximum atomic E-state index is 6.19. The summed E-state index contributed by atoms with van der Waals surface area (Å²) in [6, 6.07) is 7.98. The Balaban J connectivity index is 2.01. The van der Waals surface area contributed by atoms with Gasteiger partial charge in [0.1, 0.15) is 5.03 Å². The van der Waals surface area contributed by atoms with Gasteiger partial charge in [0, 0.05) is 0 Å². The molecule has 96 valence electrons. The van der Waals surface area contributed by atoms with E-state index >= 15 is 0 Å². The molecule has 7 heteroatoms. The van der Waals surface area contributed by atoms with Crippen LogP contribution in [0.25, 0.3) is 10.2 Å². The van der Waals surface area contributed by atoms with Gasteiger partial charge < -0.3 is 0 Å². The summed E-state index contributed by atoms with van der Waals surface area (Å²) in [7, 11) is 0. The van der Waals surface area contributed by atoms with Gasteiger partial charge >= 0.3 is 0 Å². The second-order valence-electron chi connectivity index (χ2n) is 3.75. The zero-order chi connectivity index (χ0) is 13.4. The second kappa shape index (κ2) is 5.25. The van der Waals surface area contributed by atoms with Gasteiger partial charge in [0.05, 0.1) is 20.9 Å². The first kappa shape index (κ1) is 13.1. The Morgan fingerprint density at radius 3 is 2.68 bits per heavy atom. The van der Waals surface area contributed by atoms with Gasteiger partial charge in [-0.2, -0.15) is 0 Å². The van der Waals surface area contributed by atoms with Crippen LogP contribution in [-0.4, -0.2) is 15.0 Å². The Bertz CT molecular complexity index is 725. The maximum Gasteiger partial charge on any atom is 0.223 e. The van der Waals surface area contributed by atoms with Gasteiger partial charge in [0.25, 0.3) is 0 Å². The minimum absolute atomic E-state index is 0.200. The average molecular weight is 328 g/mol. The van der Waals surface area contributed by atoms with E-state index in [1.807, 2.05) is 24.3 Å². The molecule has 0 amide bonds. The second-order valence-corrected chi connectivity index (χ2v) is 6.73. The molecule has 0 spiro atoms. The first-order valence-corrected chi connectivity index (χ1v) is 7.75. The Hall–Kier alpha value is -0.880. The van der Waals surface area contributed by atoms with Crippen LogP contribution in [-0.2, 0) is 0 Å². The number of aromatic nitrogens is 3. The molecule has 19 heavy (non-hydrogen) atoms. The number of aryl methyl sites for hydroxylation is 1. The number of benzene rings is 1. The largest absolute Gasteiger partial charge is 0.229 e. The lowest BCUT2D eigenvalue weighted by molar-refractivity contribution is 1.01. The molecule has 3 nitrogen and oxygen atoms in total. The summed E-state index contributed by atoms with van der Waals surface area (Å²) >= 11 is 15.1. The van der Waals surface area contributed by atoms with E-state index in [0.29, 0.717) is 15.7 Å². The molecule has 0 N–H and O–H groups in total. The van der Waals surface area contributed by atoms with E-state index in [-0.39, 0.29) is 5.28 Å². The number of nitrogens with zero attached hydrogens (tertiary/aromatic N) is 3. The molecular formula is C12H7Cl2N3S2. The topological polar surface area (TPSA) is 38.7 Å². The number of fused-ring (bicyclic) bond motifs is 1. The number of rotatable bonds is 2. The lowest BCUT2D eigenvalue weighted by Gasteiger charge is -2.03. The van der Waals surface area contributed by atoms with Crippen molar-refractivity contribution in [1.29, 1.82) is 0 Å². The van der Waals surface area contributed by atoms with Crippen LogP contribution in [0.4, 0.5) is 0 Å². The summed E-state index contributed by atoms with van der Waals surface area (Å²) in [5, 5.41) is 1.36. The Morgan fingerprint density at radius 2 is 1.89 bits per heavy atom. The molecule has 0 unspecified atom stereocenters. The number of hydrogen-bond acceptors (Lipinski definition) is 5. The number of thiazole rings is 1. The molecule has 0 aliphatic carbocycles. The van der Waals surface area contributed by atoms with Crippen LogP contribution in [0.1, 0.15) is 5.69 Å². The van der Waals surface area contributed by atoms with Gasteiger partial charge in [-0.25, -0.2) is 15.0 Å². The zero-order valence-corrected chi connectivity index (χ0v) is 12.9. The SMILES string of the molecule is Cc1nc(Cl)nc(Sc2nc3ccccc3s2)c1Cl. The van der Waals surface area contributed by atoms with Crippen LogP contribution >= 0.6 is 46.3 Å². The first-order chi connectivity index (χ1) is 9.13. The minimum Gasteiger partial charge on any atom is -0.229 e. The van der Waals surface area contributed by atoms with E-state index in [1.165, 1.54) is 11.8 Å². The van der Waals surface area contributed by atoms with Crippen LogP contribution in [0.3, 0.4) is 0 Å². The Labute approximate surface area is 128 Å². The van der Waals surface area contributed by atoms with Crippen LogP contribution < -0.4 is 0 Å².